The van der Waals surface area contributed by atoms with Gasteiger partial charge in [0.25, 0.3) is 5.91 Å². The number of nitrogen functional groups attached to an aromatic ring is 1. The first-order chi connectivity index (χ1) is 11.6. The summed E-state index contributed by atoms with van der Waals surface area (Å²) in [7, 11) is 0. The van der Waals surface area contributed by atoms with Crippen LogP contribution in [0.4, 0.5) is 10.3 Å². The molecule has 1 saturated heterocycles. The van der Waals surface area contributed by atoms with Crippen molar-refractivity contribution in [1.29, 1.82) is 0 Å². The molecule has 0 saturated carbocycles. The molecule has 3 rings (SSSR count). The fraction of sp³-hybridized carbons (Fsp3) is 0.389. The second-order valence-corrected chi connectivity index (χ2v) is 6.15. The van der Waals surface area contributed by atoms with Crippen LogP contribution in [0.3, 0.4) is 0 Å². The zero-order valence-corrected chi connectivity index (χ0v) is 13.7. The third-order valence-corrected chi connectivity index (χ3v) is 4.48. The summed E-state index contributed by atoms with van der Waals surface area (Å²) in [5.74, 6) is -0.249. The van der Waals surface area contributed by atoms with E-state index in [9.17, 15) is 9.18 Å². The number of hydrogen-bond donors (Lipinski definition) is 1. The number of amides is 1. The quantitative estimate of drug-likeness (QED) is 0.918. The van der Waals surface area contributed by atoms with E-state index in [0.717, 1.165) is 31.2 Å². The normalized spacial score (nSPS) is 18.2. The van der Waals surface area contributed by atoms with Crippen LogP contribution in [-0.2, 0) is 0 Å². The minimum atomic E-state index is -0.281. The van der Waals surface area contributed by atoms with Crippen LogP contribution in [0.2, 0.25) is 0 Å². The van der Waals surface area contributed by atoms with Crippen LogP contribution in [0.15, 0.2) is 30.5 Å². The SMILES string of the molecule is Cc1nc(N)ncc1C(=O)N1CCCCC[C@@H]1c1cccc(F)c1. The van der Waals surface area contributed by atoms with Gasteiger partial charge < -0.3 is 10.6 Å². The number of rotatable bonds is 2. The maximum atomic E-state index is 13.6. The molecular weight excluding hydrogens is 307 g/mol. The topological polar surface area (TPSA) is 72.1 Å². The average molecular weight is 328 g/mol. The van der Waals surface area contributed by atoms with Crippen molar-refractivity contribution in [3.63, 3.8) is 0 Å². The number of aryl methyl sites for hydroxylation is 1. The number of nitrogens with two attached hydrogens (primary N) is 1. The van der Waals surface area contributed by atoms with Gasteiger partial charge in [0.2, 0.25) is 5.95 Å². The molecule has 1 fully saturated rings. The molecule has 1 amide bonds. The Hall–Kier alpha value is -2.50. The van der Waals surface area contributed by atoms with E-state index in [1.807, 2.05) is 11.0 Å². The molecule has 126 valence electrons. The van der Waals surface area contributed by atoms with Gasteiger partial charge in [-0.3, -0.25) is 4.79 Å². The van der Waals surface area contributed by atoms with Gasteiger partial charge in [-0.15, -0.1) is 0 Å². The minimum Gasteiger partial charge on any atom is -0.368 e. The molecule has 2 N–H and O–H groups in total. The molecule has 1 aromatic heterocycles. The lowest BCUT2D eigenvalue weighted by Crippen LogP contribution is -2.35. The molecule has 2 heterocycles. The number of hydrogen-bond acceptors (Lipinski definition) is 4. The lowest BCUT2D eigenvalue weighted by molar-refractivity contribution is 0.0679. The zero-order chi connectivity index (χ0) is 17.1. The van der Waals surface area contributed by atoms with Gasteiger partial charge in [0.1, 0.15) is 5.82 Å². The number of nitrogens with zero attached hydrogens (tertiary/aromatic N) is 3. The number of likely N-dealkylation sites (tertiary alicyclic amines) is 1. The fourth-order valence-corrected chi connectivity index (χ4v) is 3.26. The zero-order valence-electron chi connectivity index (χ0n) is 13.7. The molecule has 6 heteroatoms. The van der Waals surface area contributed by atoms with Crippen molar-refractivity contribution in [2.45, 2.75) is 38.6 Å². The van der Waals surface area contributed by atoms with Crippen LogP contribution in [0.1, 0.15) is 53.3 Å². The first kappa shape index (κ1) is 16.4. The number of aromatic nitrogens is 2. The number of anilines is 1. The van der Waals surface area contributed by atoms with Crippen molar-refractivity contribution in [2.24, 2.45) is 0 Å². The molecule has 1 aliphatic rings. The summed E-state index contributed by atoms with van der Waals surface area (Å²) in [6, 6.07) is 6.38. The van der Waals surface area contributed by atoms with E-state index in [1.54, 1.807) is 13.0 Å². The van der Waals surface area contributed by atoms with E-state index in [0.29, 0.717) is 17.8 Å². The Kier molecular flexibility index (Phi) is 4.74. The third kappa shape index (κ3) is 3.37. The second-order valence-electron chi connectivity index (χ2n) is 6.15. The average Bonchev–Trinajstić information content (AvgIpc) is 2.80. The van der Waals surface area contributed by atoms with E-state index in [2.05, 4.69) is 9.97 Å². The van der Waals surface area contributed by atoms with E-state index in [1.165, 1.54) is 18.3 Å². The van der Waals surface area contributed by atoms with E-state index in [4.69, 9.17) is 5.73 Å². The molecule has 24 heavy (non-hydrogen) atoms. The smallest absolute Gasteiger partial charge is 0.257 e. The molecule has 5 nitrogen and oxygen atoms in total. The Morgan fingerprint density at radius 1 is 1.33 bits per heavy atom. The highest BCUT2D eigenvalue weighted by Gasteiger charge is 2.29. The Labute approximate surface area is 140 Å². The van der Waals surface area contributed by atoms with Gasteiger partial charge in [0, 0.05) is 12.7 Å². The van der Waals surface area contributed by atoms with Gasteiger partial charge in [-0.2, -0.15) is 0 Å². The predicted octanol–water partition coefficient (Wildman–Crippen LogP) is 3.26. The monoisotopic (exact) mass is 328 g/mol. The predicted molar refractivity (Wildman–Crippen MR) is 89.8 cm³/mol. The Bertz CT molecular complexity index is 750. The summed E-state index contributed by atoms with van der Waals surface area (Å²) < 4.78 is 13.6. The standard InChI is InChI=1S/C18H21FN4O/c1-12-15(11-21-18(20)22-12)17(24)23-9-4-2-3-8-16(23)13-6-5-7-14(19)10-13/h5-7,10-11,16H,2-4,8-9H2,1H3,(H2,20,21,22)/t16-/m1/s1. The largest absolute Gasteiger partial charge is 0.368 e. The summed E-state index contributed by atoms with van der Waals surface area (Å²) in [5.41, 5.74) is 7.43. The van der Waals surface area contributed by atoms with Gasteiger partial charge in [-0.05, 0) is 37.5 Å². The molecule has 0 spiro atoms. The van der Waals surface area contributed by atoms with Crippen LogP contribution >= 0.6 is 0 Å². The first-order valence-electron chi connectivity index (χ1n) is 8.22. The van der Waals surface area contributed by atoms with Crippen molar-refractivity contribution < 1.29 is 9.18 Å². The lowest BCUT2D eigenvalue weighted by Gasteiger charge is -2.31. The minimum absolute atomic E-state index is 0.122. The molecule has 1 aromatic carbocycles. The van der Waals surface area contributed by atoms with Crippen LogP contribution in [0.25, 0.3) is 0 Å². The first-order valence-corrected chi connectivity index (χ1v) is 8.22. The molecular formula is C18H21FN4O. The number of carbonyl (C=O) groups is 1. The molecule has 0 radical (unpaired) electrons. The van der Waals surface area contributed by atoms with Gasteiger partial charge in [0.05, 0.1) is 17.3 Å². The van der Waals surface area contributed by atoms with Crippen molar-refractivity contribution in [2.75, 3.05) is 12.3 Å². The summed E-state index contributed by atoms with van der Waals surface area (Å²) >= 11 is 0. The maximum absolute atomic E-state index is 13.6. The van der Waals surface area contributed by atoms with Gasteiger partial charge >= 0.3 is 0 Å². The molecule has 2 aromatic rings. The van der Waals surface area contributed by atoms with Gasteiger partial charge in [-0.1, -0.05) is 25.0 Å². The molecule has 0 unspecified atom stereocenters. The second kappa shape index (κ2) is 6.95. The van der Waals surface area contributed by atoms with Crippen LogP contribution in [0.5, 0.6) is 0 Å². The highest BCUT2D eigenvalue weighted by atomic mass is 19.1. The third-order valence-electron chi connectivity index (χ3n) is 4.48. The Balaban J connectivity index is 1.96. The molecule has 0 bridgehead atoms. The molecule has 1 aliphatic heterocycles. The highest BCUT2D eigenvalue weighted by Crippen LogP contribution is 2.32. The van der Waals surface area contributed by atoms with Crippen LogP contribution < -0.4 is 5.73 Å². The van der Waals surface area contributed by atoms with Gasteiger partial charge in [0.15, 0.2) is 0 Å². The summed E-state index contributed by atoms with van der Waals surface area (Å²) in [6.07, 6.45) is 5.32. The van der Waals surface area contributed by atoms with Crippen molar-refractivity contribution in [1.82, 2.24) is 14.9 Å². The Morgan fingerprint density at radius 2 is 2.17 bits per heavy atom. The van der Waals surface area contributed by atoms with E-state index < -0.39 is 0 Å². The van der Waals surface area contributed by atoms with Crippen LogP contribution in [-0.4, -0.2) is 27.3 Å². The van der Waals surface area contributed by atoms with Crippen molar-refractivity contribution >= 4 is 11.9 Å². The number of benzene rings is 1. The summed E-state index contributed by atoms with van der Waals surface area (Å²) in [5, 5.41) is 0. The van der Waals surface area contributed by atoms with Crippen LogP contribution in [0, 0.1) is 12.7 Å². The van der Waals surface area contributed by atoms with Crippen molar-refractivity contribution in [3.05, 3.63) is 53.1 Å². The fourth-order valence-electron chi connectivity index (χ4n) is 3.26. The van der Waals surface area contributed by atoms with E-state index in [-0.39, 0.29) is 23.7 Å². The highest BCUT2D eigenvalue weighted by molar-refractivity contribution is 5.95. The summed E-state index contributed by atoms with van der Waals surface area (Å²) in [6.45, 7) is 2.39. The van der Waals surface area contributed by atoms with Crippen molar-refractivity contribution in [3.8, 4) is 0 Å². The maximum Gasteiger partial charge on any atom is 0.257 e. The Morgan fingerprint density at radius 3 is 2.92 bits per heavy atom. The van der Waals surface area contributed by atoms with Gasteiger partial charge in [-0.25, -0.2) is 14.4 Å². The lowest BCUT2D eigenvalue weighted by atomic mass is 10.00. The molecule has 0 aliphatic carbocycles. The molecule has 1 atom stereocenters. The van der Waals surface area contributed by atoms with E-state index >= 15 is 0 Å². The number of carbonyl (C=O) groups excluding carboxylic acids is 1. The number of halogens is 1. The summed E-state index contributed by atoms with van der Waals surface area (Å²) in [4.78, 5) is 22.9.